The van der Waals surface area contributed by atoms with Gasteiger partial charge in [-0.15, -0.1) is 0 Å². The number of hydrogen-bond donors (Lipinski definition) is 1. The molecule has 0 fully saturated rings. The van der Waals surface area contributed by atoms with Crippen molar-refractivity contribution in [2.45, 2.75) is 34.6 Å². The topological polar surface area (TPSA) is 44.8 Å². The second-order valence-corrected chi connectivity index (χ2v) is 6.10. The fourth-order valence-corrected chi connectivity index (χ4v) is 2.44. The van der Waals surface area contributed by atoms with Crippen LogP contribution in [0.3, 0.4) is 0 Å². The van der Waals surface area contributed by atoms with Crippen LogP contribution in [-0.4, -0.2) is 28.0 Å². The van der Waals surface area contributed by atoms with Crippen LogP contribution in [0.4, 0.5) is 5.82 Å². The third kappa shape index (κ3) is 3.25. The molecule has 2 heterocycles. The van der Waals surface area contributed by atoms with Crippen LogP contribution in [0, 0.1) is 18.8 Å². The highest BCUT2D eigenvalue weighted by molar-refractivity contribution is 5.88. The molecule has 1 N–H and O–H groups in total. The highest BCUT2D eigenvalue weighted by Crippen LogP contribution is 2.25. The van der Waals surface area contributed by atoms with E-state index >= 15 is 0 Å². The van der Waals surface area contributed by atoms with E-state index < -0.39 is 0 Å². The molecule has 0 aliphatic carbocycles. The molecular formula is C15H24N4. The Hall–Kier alpha value is -1.58. The zero-order valence-corrected chi connectivity index (χ0v) is 12.6. The van der Waals surface area contributed by atoms with E-state index in [0.29, 0.717) is 11.8 Å². The molecule has 0 aliphatic heterocycles. The Morgan fingerprint density at radius 2 is 1.74 bits per heavy atom. The minimum atomic E-state index is 0.615. The molecular weight excluding hydrogens is 236 g/mol. The van der Waals surface area contributed by atoms with Crippen LogP contribution in [0.1, 0.15) is 33.4 Å². The molecule has 2 aromatic rings. The maximum absolute atomic E-state index is 4.52. The predicted molar refractivity (Wildman–Crippen MR) is 80.5 cm³/mol. The molecule has 2 rings (SSSR count). The fraction of sp³-hybridized carbons (Fsp3) is 0.600. The third-order valence-corrected chi connectivity index (χ3v) is 3.01. The lowest BCUT2D eigenvalue weighted by atomic mass is 10.1. The summed E-state index contributed by atoms with van der Waals surface area (Å²) in [5.41, 5.74) is 2.06. The van der Waals surface area contributed by atoms with Gasteiger partial charge >= 0.3 is 0 Å². The van der Waals surface area contributed by atoms with Crippen LogP contribution in [0.5, 0.6) is 0 Å². The first-order valence-electron chi connectivity index (χ1n) is 7.02. The van der Waals surface area contributed by atoms with Crippen LogP contribution in [0.15, 0.2) is 12.4 Å². The smallest absolute Gasteiger partial charge is 0.143 e. The van der Waals surface area contributed by atoms with Gasteiger partial charge in [0.25, 0.3) is 0 Å². The Labute approximate surface area is 115 Å². The van der Waals surface area contributed by atoms with Gasteiger partial charge in [-0.25, -0.2) is 9.97 Å². The molecule has 0 spiro atoms. The van der Waals surface area contributed by atoms with E-state index in [1.807, 2.05) is 0 Å². The molecule has 0 radical (unpaired) electrons. The van der Waals surface area contributed by atoms with Crippen molar-refractivity contribution in [3.63, 3.8) is 0 Å². The van der Waals surface area contributed by atoms with E-state index in [1.54, 1.807) is 6.33 Å². The van der Waals surface area contributed by atoms with E-state index in [4.69, 9.17) is 0 Å². The Morgan fingerprint density at radius 3 is 2.32 bits per heavy atom. The first kappa shape index (κ1) is 13.8. The standard InChI is InChI=1S/C15H24N4/c1-10(2)7-19(8-11(3)4)15-13-6-12(5)18-14(13)16-9-17-15/h6,9-11H,7-8H2,1-5H3,(H,16,17,18). The average molecular weight is 260 g/mol. The van der Waals surface area contributed by atoms with Crippen molar-refractivity contribution in [1.29, 1.82) is 0 Å². The molecule has 19 heavy (non-hydrogen) atoms. The Kier molecular flexibility index (Phi) is 4.08. The van der Waals surface area contributed by atoms with E-state index in [2.05, 4.69) is 60.5 Å². The SMILES string of the molecule is Cc1cc2c(N(CC(C)C)CC(C)C)ncnc2[nH]1. The zero-order valence-electron chi connectivity index (χ0n) is 12.6. The van der Waals surface area contributed by atoms with E-state index in [-0.39, 0.29) is 0 Å². The average Bonchev–Trinajstić information content (AvgIpc) is 2.66. The molecule has 4 heteroatoms. The molecule has 104 valence electrons. The number of rotatable bonds is 5. The number of aryl methyl sites for hydroxylation is 1. The number of H-pyrrole nitrogens is 1. The van der Waals surface area contributed by atoms with Crippen molar-refractivity contribution in [2.75, 3.05) is 18.0 Å². The number of hydrogen-bond acceptors (Lipinski definition) is 3. The quantitative estimate of drug-likeness (QED) is 0.896. The maximum atomic E-state index is 4.52. The first-order valence-corrected chi connectivity index (χ1v) is 7.02. The summed E-state index contributed by atoms with van der Waals surface area (Å²) in [7, 11) is 0. The van der Waals surface area contributed by atoms with Gasteiger partial charge in [-0.05, 0) is 24.8 Å². The first-order chi connectivity index (χ1) is 8.97. The highest BCUT2D eigenvalue weighted by Gasteiger charge is 2.16. The minimum Gasteiger partial charge on any atom is -0.355 e. The summed E-state index contributed by atoms with van der Waals surface area (Å²) in [5, 5.41) is 1.13. The van der Waals surface area contributed by atoms with Gasteiger partial charge in [0.15, 0.2) is 0 Å². The second kappa shape index (κ2) is 5.59. The van der Waals surface area contributed by atoms with Crippen LogP contribution in [0.25, 0.3) is 11.0 Å². The van der Waals surface area contributed by atoms with E-state index in [9.17, 15) is 0 Å². The van der Waals surface area contributed by atoms with Gasteiger partial charge in [0, 0.05) is 18.8 Å². The monoisotopic (exact) mass is 260 g/mol. The van der Waals surface area contributed by atoms with Crippen LogP contribution < -0.4 is 4.90 Å². The summed E-state index contributed by atoms with van der Waals surface area (Å²) < 4.78 is 0. The van der Waals surface area contributed by atoms with Crippen molar-refractivity contribution in [3.05, 3.63) is 18.1 Å². The Bertz CT molecular complexity index is 532. The van der Waals surface area contributed by atoms with Gasteiger partial charge in [0.05, 0.1) is 5.39 Å². The summed E-state index contributed by atoms with van der Waals surface area (Å²) in [6.07, 6.45) is 1.65. The van der Waals surface area contributed by atoms with Gasteiger partial charge in [-0.3, -0.25) is 0 Å². The molecule has 0 amide bonds. The van der Waals surface area contributed by atoms with Gasteiger partial charge < -0.3 is 9.88 Å². The molecule has 0 aromatic carbocycles. The highest BCUT2D eigenvalue weighted by atomic mass is 15.2. The lowest BCUT2D eigenvalue weighted by Gasteiger charge is -2.27. The van der Waals surface area contributed by atoms with Crippen LogP contribution >= 0.6 is 0 Å². The molecule has 0 unspecified atom stereocenters. The number of fused-ring (bicyclic) bond motifs is 1. The van der Waals surface area contributed by atoms with Gasteiger partial charge in [0.2, 0.25) is 0 Å². The molecule has 0 bridgehead atoms. The van der Waals surface area contributed by atoms with E-state index in [0.717, 1.165) is 35.6 Å². The Balaban J connectivity index is 2.42. The third-order valence-electron chi connectivity index (χ3n) is 3.01. The van der Waals surface area contributed by atoms with Crippen molar-refractivity contribution in [1.82, 2.24) is 15.0 Å². The summed E-state index contributed by atoms with van der Waals surface area (Å²) >= 11 is 0. The van der Waals surface area contributed by atoms with Crippen molar-refractivity contribution in [2.24, 2.45) is 11.8 Å². The van der Waals surface area contributed by atoms with Gasteiger partial charge in [0.1, 0.15) is 17.8 Å². The summed E-state index contributed by atoms with van der Waals surface area (Å²) in [4.78, 5) is 14.5. The number of nitrogens with one attached hydrogen (secondary N) is 1. The summed E-state index contributed by atoms with van der Waals surface area (Å²) in [6, 6.07) is 2.14. The summed E-state index contributed by atoms with van der Waals surface area (Å²) in [5.74, 6) is 2.28. The fourth-order valence-electron chi connectivity index (χ4n) is 2.44. The lowest BCUT2D eigenvalue weighted by molar-refractivity contribution is 0.550. The normalized spacial score (nSPS) is 11.7. The maximum Gasteiger partial charge on any atom is 0.143 e. The van der Waals surface area contributed by atoms with Crippen molar-refractivity contribution < 1.29 is 0 Å². The van der Waals surface area contributed by atoms with Crippen LogP contribution in [0.2, 0.25) is 0 Å². The Morgan fingerprint density at radius 1 is 1.11 bits per heavy atom. The van der Waals surface area contributed by atoms with Crippen molar-refractivity contribution >= 4 is 16.9 Å². The zero-order chi connectivity index (χ0) is 14.0. The van der Waals surface area contributed by atoms with Gasteiger partial charge in [-0.1, -0.05) is 27.7 Å². The van der Waals surface area contributed by atoms with E-state index in [1.165, 1.54) is 0 Å². The molecule has 0 atom stereocenters. The lowest BCUT2D eigenvalue weighted by Crippen LogP contribution is -2.32. The van der Waals surface area contributed by atoms with Gasteiger partial charge in [-0.2, -0.15) is 0 Å². The molecule has 2 aromatic heterocycles. The largest absolute Gasteiger partial charge is 0.355 e. The molecule has 0 saturated heterocycles. The number of aromatic amines is 1. The number of aromatic nitrogens is 3. The molecule has 0 saturated carbocycles. The predicted octanol–water partition coefficient (Wildman–Crippen LogP) is 3.38. The minimum absolute atomic E-state index is 0.615. The number of nitrogens with zero attached hydrogens (tertiary/aromatic N) is 3. The van der Waals surface area contributed by atoms with Crippen LogP contribution in [-0.2, 0) is 0 Å². The molecule has 4 nitrogen and oxygen atoms in total. The number of anilines is 1. The second-order valence-electron chi connectivity index (χ2n) is 6.10. The summed E-state index contributed by atoms with van der Waals surface area (Å²) in [6.45, 7) is 13.1. The molecule has 0 aliphatic rings. The van der Waals surface area contributed by atoms with Crippen molar-refractivity contribution in [3.8, 4) is 0 Å².